The van der Waals surface area contributed by atoms with Gasteiger partial charge < -0.3 is 9.84 Å². The van der Waals surface area contributed by atoms with Gasteiger partial charge >= 0.3 is 0 Å². The Labute approximate surface area is 99.8 Å². The summed E-state index contributed by atoms with van der Waals surface area (Å²) in [4.78, 5) is 0. The highest BCUT2D eigenvalue weighted by molar-refractivity contribution is 6.36. The summed E-state index contributed by atoms with van der Waals surface area (Å²) in [6, 6.07) is 5.13. The highest BCUT2D eigenvalue weighted by atomic mass is 35.5. The lowest BCUT2D eigenvalue weighted by molar-refractivity contribution is 0.00500. The van der Waals surface area contributed by atoms with Gasteiger partial charge in [-0.2, -0.15) is 0 Å². The predicted molar refractivity (Wildman–Crippen MR) is 62.5 cm³/mol. The second-order valence-corrected chi connectivity index (χ2v) is 4.35. The van der Waals surface area contributed by atoms with Gasteiger partial charge in [0, 0.05) is 15.6 Å². The molecule has 0 saturated carbocycles. The smallest absolute Gasteiger partial charge is 0.105 e. The summed E-state index contributed by atoms with van der Waals surface area (Å²) in [5.41, 5.74) is 0.529. The number of ether oxygens (including phenoxy) is 1. The van der Waals surface area contributed by atoms with Crippen molar-refractivity contribution in [1.29, 1.82) is 0 Å². The van der Waals surface area contributed by atoms with Crippen molar-refractivity contribution in [2.45, 2.75) is 26.1 Å². The first kappa shape index (κ1) is 12.8. The summed E-state index contributed by atoms with van der Waals surface area (Å²) in [5.74, 6) is 0. The van der Waals surface area contributed by atoms with E-state index in [1.807, 2.05) is 13.8 Å². The lowest BCUT2D eigenvalue weighted by atomic mass is 10.1. The summed E-state index contributed by atoms with van der Waals surface area (Å²) in [6.07, 6.45) is -0.713. The van der Waals surface area contributed by atoms with E-state index in [4.69, 9.17) is 27.9 Å². The molecule has 15 heavy (non-hydrogen) atoms. The van der Waals surface area contributed by atoms with Gasteiger partial charge in [-0.1, -0.05) is 29.3 Å². The van der Waals surface area contributed by atoms with Gasteiger partial charge in [0.15, 0.2) is 0 Å². The van der Waals surface area contributed by atoms with Crippen LogP contribution in [0.25, 0.3) is 0 Å². The number of rotatable bonds is 4. The third kappa shape index (κ3) is 3.65. The molecule has 0 saturated heterocycles. The second-order valence-electron chi connectivity index (χ2n) is 3.53. The van der Waals surface area contributed by atoms with Gasteiger partial charge in [0.1, 0.15) is 6.10 Å². The fraction of sp³-hybridized carbons (Fsp3) is 0.455. The third-order valence-electron chi connectivity index (χ3n) is 1.92. The van der Waals surface area contributed by atoms with Crippen molar-refractivity contribution in [1.82, 2.24) is 0 Å². The molecule has 1 aromatic carbocycles. The maximum atomic E-state index is 9.84. The topological polar surface area (TPSA) is 29.5 Å². The zero-order valence-electron chi connectivity index (χ0n) is 8.71. The van der Waals surface area contributed by atoms with E-state index in [9.17, 15) is 5.11 Å². The fourth-order valence-corrected chi connectivity index (χ4v) is 1.85. The van der Waals surface area contributed by atoms with Gasteiger partial charge in [-0.3, -0.25) is 0 Å². The van der Waals surface area contributed by atoms with Crippen molar-refractivity contribution in [3.05, 3.63) is 33.8 Å². The number of aliphatic hydroxyl groups excluding tert-OH is 1. The molecule has 0 aromatic heterocycles. The quantitative estimate of drug-likeness (QED) is 0.885. The highest BCUT2D eigenvalue weighted by Gasteiger charge is 2.15. The molecule has 1 rings (SSSR count). The largest absolute Gasteiger partial charge is 0.386 e. The first-order valence-electron chi connectivity index (χ1n) is 4.76. The van der Waals surface area contributed by atoms with E-state index in [-0.39, 0.29) is 12.7 Å². The predicted octanol–water partition coefficient (Wildman–Crippen LogP) is 3.45. The molecule has 0 fully saturated rings. The van der Waals surface area contributed by atoms with Gasteiger partial charge in [0.25, 0.3) is 0 Å². The molecule has 0 aliphatic heterocycles. The molecule has 0 bridgehead atoms. The van der Waals surface area contributed by atoms with Crippen molar-refractivity contribution in [3.8, 4) is 0 Å². The summed E-state index contributed by atoms with van der Waals surface area (Å²) in [6.45, 7) is 4.00. The van der Waals surface area contributed by atoms with E-state index >= 15 is 0 Å². The number of hydrogen-bond donors (Lipinski definition) is 1. The van der Waals surface area contributed by atoms with Crippen molar-refractivity contribution in [2.75, 3.05) is 6.61 Å². The molecular formula is C11H14Cl2O2. The number of halogens is 2. The monoisotopic (exact) mass is 248 g/mol. The van der Waals surface area contributed by atoms with E-state index < -0.39 is 6.10 Å². The van der Waals surface area contributed by atoms with Crippen molar-refractivity contribution < 1.29 is 9.84 Å². The zero-order valence-corrected chi connectivity index (χ0v) is 10.2. The van der Waals surface area contributed by atoms with E-state index in [1.54, 1.807) is 18.2 Å². The summed E-state index contributed by atoms with van der Waals surface area (Å²) < 4.78 is 5.30. The van der Waals surface area contributed by atoms with Crippen LogP contribution < -0.4 is 0 Å². The van der Waals surface area contributed by atoms with Crippen LogP contribution in [0.15, 0.2) is 18.2 Å². The molecular weight excluding hydrogens is 235 g/mol. The van der Waals surface area contributed by atoms with Crippen LogP contribution in [0.2, 0.25) is 10.0 Å². The Morgan fingerprint density at radius 2 is 1.80 bits per heavy atom. The molecule has 2 nitrogen and oxygen atoms in total. The van der Waals surface area contributed by atoms with Crippen LogP contribution in [0.3, 0.4) is 0 Å². The molecule has 4 heteroatoms. The normalized spacial score (nSPS) is 13.2. The van der Waals surface area contributed by atoms with Crippen LogP contribution in [0.4, 0.5) is 0 Å². The Kier molecular flexibility index (Phi) is 4.87. The van der Waals surface area contributed by atoms with E-state index in [0.717, 1.165) is 0 Å². The molecule has 1 N–H and O–H groups in total. The first-order chi connectivity index (χ1) is 7.02. The second kappa shape index (κ2) is 5.71. The molecule has 84 valence electrons. The number of aliphatic hydroxyl groups is 1. The summed E-state index contributed by atoms with van der Waals surface area (Å²) >= 11 is 11.9. The maximum Gasteiger partial charge on any atom is 0.105 e. The van der Waals surface area contributed by atoms with Crippen LogP contribution >= 0.6 is 23.2 Å². The molecule has 0 amide bonds. The van der Waals surface area contributed by atoms with Crippen LogP contribution in [-0.4, -0.2) is 17.8 Å². The molecule has 0 radical (unpaired) electrons. The van der Waals surface area contributed by atoms with Crippen molar-refractivity contribution >= 4 is 23.2 Å². The Balaban J connectivity index is 2.77. The summed E-state index contributed by atoms with van der Waals surface area (Å²) in [5, 5.41) is 10.8. The van der Waals surface area contributed by atoms with E-state index in [2.05, 4.69) is 0 Å². The van der Waals surface area contributed by atoms with Crippen LogP contribution in [-0.2, 0) is 4.74 Å². The van der Waals surface area contributed by atoms with E-state index in [1.165, 1.54) is 0 Å². The average Bonchev–Trinajstić information content (AvgIpc) is 2.14. The maximum absolute atomic E-state index is 9.84. The molecule has 0 aliphatic rings. The van der Waals surface area contributed by atoms with Gasteiger partial charge in [-0.15, -0.1) is 0 Å². The first-order valence-corrected chi connectivity index (χ1v) is 5.51. The van der Waals surface area contributed by atoms with Crippen LogP contribution in [0.5, 0.6) is 0 Å². The van der Waals surface area contributed by atoms with Crippen molar-refractivity contribution in [3.63, 3.8) is 0 Å². The Morgan fingerprint density at radius 1 is 1.27 bits per heavy atom. The van der Waals surface area contributed by atoms with Gasteiger partial charge in [-0.05, 0) is 26.0 Å². The lowest BCUT2D eigenvalue weighted by Gasteiger charge is -2.16. The number of hydrogen-bond acceptors (Lipinski definition) is 2. The third-order valence-corrected chi connectivity index (χ3v) is 2.58. The Hall–Kier alpha value is -0.280. The standard InChI is InChI=1S/C11H14Cl2O2/c1-7(2)15-6-10(14)11-8(12)4-3-5-9(11)13/h3-5,7,10,14H,6H2,1-2H3. The summed E-state index contributed by atoms with van der Waals surface area (Å²) in [7, 11) is 0. The molecule has 0 heterocycles. The lowest BCUT2D eigenvalue weighted by Crippen LogP contribution is -2.12. The van der Waals surface area contributed by atoms with Gasteiger partial charge in [0.05, 0.1) is 12.7 Å². The molecule has 1 aromatic rings. The minimum atomic E-state index is -0.784. The molecule has 1 unspecified atom stereocenters. The molecule has 0 spiro atoms. The van der Waals surface area contributed by atoms with Crippen molar-refractivity contribution in [2.24, 2.45) is 0 Å². The average molecular weight is 249 g/mol. The Bertz CT molecular complexity index is 306. The zero-order chi connectivity index (χ0) is 11.4. The minimum Gasteiger partial charge on any atom is -0.386 e. The molecule has 1 atom stereocenters. The molecule has 0 aliphatic carbocycles. The van der Waals surface area contributed by atoms with Gasteiger partial charge in [-0.25, -0.2) is 0 Å². The van der Waals surface area contributed by atoms with Crippen LogP contribution in [0, 0.1) is 0 Å². The minimum absolute atomic E-state index is 0.0703. The van der Waals surface area contributed by atoms with Crippen LogP contribution in [0.1, 0.15) is 25.5 Å². The van der Waals surface area contributed by atoms with E-state index in [0.29, 0.717) is 15.6 Å². The number of benzene rings is 1. The van der Waals surface area contributed by atoms with Gasteiger partial charge in [0.2, 0.25) is 0 Å². The SMILES string of the molecule is CC(C)OCC(O)c1c(Cl)cccc1Cl. The highest BCUT2D eigenvalue weighted by Crippen LogP contribution is 2.30. The fourth-order valence-electron chi connectivity index (χ4n) is 1.20. The Morgan fingerprint density at radius 3 is 2.27 bits per heavy atom.